The number of rotatable bonds is 9. The average Bonchev–Trinajstić information content (AvgIpc) is 2.76. The van der Waals surface area contributed by atoms with E-state index in [0.29, 0.717) is 6.54 Å². The van der Waals surface area contributed by atoms with Gasteiger partial charge in [0.05, 0.1) is 18.3 Å². The topological polar surface area (TPSA) is 45.2 Å². The predicted octanol–water partition coefficient (Wildman–Crippen LogP) is 4.51. The molecule has 3 aromatic rings. The van der Waals surface area contributed by atoms with Crippen LogP contribution in [-0.2, 0) is 11.3 Å². The number of carbonyl (C=O) groups excluding carboxylic acids is 1. The first-order valence-electron chi connectivity index (χ1n) is 10.2. The van der Waals surface area contributed by atoms with Gasteiger partial charge in [-0.1, -0.05) is 73.2 Å². The van der Waals surface area contributed by atoms with Crippen molar-refractivity contribution in [2.45, 2.75) is 32.9 Å². The van der Waals surface area contributed by atoms with Crippen molar-refractivity contribution in [3.8, 4) is 0 Å². The molecule has 4 nitrogen and oxygen atoms in total. The van der Waals surface area contributed by atoms with E-state index in [2.05, 4.69) is 60.5 Å². The van der Waals surface area contributed by atoms with Crippen molar-refractivity contribution in [3.05, 3.63) is 101 Å². The second-order valence-corrected chi connectivity index (χ2v) is 7.28. The summed E-state index contributed by atoms with van der Waals surface area (Å²) in [5.74, 6) is 0.101. The number of benzene rings is 2. The highest BCUT2D eigenvalue weighted by Gasteiger charge is 2.19. The number of amides is 1. The van der Waals surface area contributed by atoms with Gasteiger partial charge < -0.3 is 4.90 Å². The molecule has 3 rings (SSSR count). The van der Waals surface area contributed by atoms with Crippen molar-refractivity contribution >= 4 is 5.91 Å². The van der Waals surface area contributed by atoms with Crippen molar-refractivity contribution in [2.24, 2.45) is 0 Å². The van der Waals surface area contributed by atoms with Crippen molar-refractivity contribution < 1.29 is 4.79 Å². The monoisotopic (exact) mass is 387 g/mol. The summed E-state index contributed by atoms with van der Waals surface area (Å²) in [4.78, 5) is 19.4. The summed E-state index contributed by atoms with van der Waals surface area (Å²) in [6, 6.07) is 24.3. The van der Waals surface area contributed by atoms with Crippen LogP contribution in [0.4, 0.5) is 0 Å². The molecule has 0 saturated heterocycles. The molecule has 0 aliphatic heterocycles. The van der Waals surface area contributed by atoms with Gasteiger partial charge in [0, 0.05) is 19.3 Å². The highest BCUT2D eigenvalue weighted by atomic mass is 16.2. The molecule has 0 fully saturated rings. The van der Waals surface area contributed by atoms with E-state index in [0.717, 1.165) is 29.8 Å². The number of nitrogens with zero attached hydrogens (tertiary/aromatic N) is 2. The third-order valence-electron chi connectivity index (χ3n) is 4.91. The third kappa shape index (κ3) is 6.00. The van der Waals surface area contributed by atoms with E-state index in [1.165, 1.54) is 5.56 Å². The highest BCUT2D eigenvalue weighted by molar-refractivity contribution is 5.78. The molecule has 0 aliphatic carbocycles. The smallest absolute Gasteiger partial charge is 0.236 e. The Balaban J connectivity index is 1.71. The standard InChI is InChI=1S/C25H29N3O/c1-3-17-28(19-21-14-12-20(2)13-15-21)24(29)18-27-25(22-9-5-4-6-10-22)23-11-7-8-16-26-23/h4-16,25,27H,3,17-19H2,1-2H3. The normalized spacial score (nSPS) is 11.8. The van der Waals surface area contributed by atoms with Gasteiger partial charge in [0.25, 0.3) is 0 Å². The largest absolute Gasteiger partial charge is 0.337 e. The Morgan fingerprint density at radius 1 is 1.00 bits per heavy atom. The Kier molecular flexibility index (Phi) is 7.54. The van der Waals surface area contributed by atoms with Crippen LogP contribution in [0.5, 0.6) is 0 Å². The number of hydrogen-bond donors (Lipinski definition) is 1. The Morgan fingerprint density at radius 3 is 2.38 bits per heavy atom. The Morgan fingerprint density at radius 2 is 1.72 bits per heavy atom. The van der Waals surface area contributed by atoms with Crippen LogP contribution >= 0.6 is 0 Å². The number of aromatic nitrogens is 1. The molecule has 0 aliphatic rings. The zero-order valence-corrected chi connectivity index (χ0v) is 17.2. The van der Waals surface area contributed by atoms with Crippen LogP contribution in [-0.4, -0.2) is 28.9 Å². The maximum absolute atomic E-state index is 13.0. The lowest BCUT2D eigenvalue weighted by molar-refractivity contribution is -0.131. The molecule has 1 atom stereocenters. The molecule has 1 unspecified atom stereocenters. The summed E-state index contributed by atoms with van der Waals surface area (Å²) in [5.41, 5.74) is 4.39. The molecule has 4 heteroatoms. The van der Waals surface area contributed by atoms with Crippen LogP contribution in [0.1, 0.15) is 41.8 Å². The Hall–Kier alpha value is -2.98. The first-order chi connectivity index (χ1) is 14.2. The SMILES string of the molecule is CCCN(Cc1ccc(C)cc1)C(=O)CNC(c1ccccc1)c1ccccn1. The third-order valence-corrected chi connectivity index (χ3v) is 4.91. The summed E-state index contributed by atoms with van der Waals surface area (Å²) in [5, 5.41) is 3.43. The van der Waals surface area contributed by atoms with Gasteiger partial charge in [-0.2, -0.15) is 0 Å². The van der Waals surface area contributed by atoms with E-state index in [-0.39, 0.29) is 18.5 Å². The maximum atomic E-state index is 13.0. The van der Waals surface area contributed by atoms with Crippen molar-refractivity contribution in [2.75, 3.05) is 13.1 Å². The molecule has 1 aromatic heterocycles. The number of hydrogen-bond acceptors (Lipinski definition) is 3. The Bertz CT molecular complexity index is 839. The number of aryl methyl sites for hydroxylation is 1. The molecule has 1 amide bonds. The number of pyridine rings is 1. The molecule has 0 saturated carbocycles. The zero-order chi connectivity index (χ0) is 20.5. The molecule has 1 N–H and O–H groups in total. The molecular weight excluding hydrogens is 358 g/mol. The average molecular weight is 388 g/mol. The van der Waals surface area contributed by atoms with E-state index in [1.54, 1.807) is 6.20 Å². The summed E-state index contributed by atoms with van der Waals surface area (Å²) < 4.78 is 0. The molecule has 0 bridgehead atoms. The lowest BCUT2D eigenvalue weighted by Gasteiger charge is -2.25. The van der Waals surface area contributed by atoms with E-state index < -0.39 is 0 Å². The number of nitrogens with one attached hydrogen (secondary N) is 1. The minimum Gasteiger partial charge on any atom is -0.337 e. The fourth-order valence-corrected chi connectivity index (χ4v) is 3.36. The maximum Gasteiger partial charge on any atom is 0.236 e. The molecule has 29 heavy (non-hydrogen) atoms. The molecule has 2 aromatic carbocycles. The summed E-state index contributed by atoms with van der Waals surface area (Å²) in [6.45, 7) is 5.82. The molecule has 0 radical (unpaired) electrons. The number of carbonyl (C=O) groups is 1. The lowest BCUT2D eigenvalue weighted by Crippen LogP contribution is -2.39. The van der Waals surface area contributed by atoms with Crippen LogP contribution in [0.25, 0.3) is 0 Å². The first kappa shape index (κ1) is 20.7. The summed E-state index contributed by atoms with van der Waals surface area (Å²) in [7, 11) is 0. The van der Waals surface area contributed by atoms with Gasteiger partial charge in [-0.05, 0) is 36.6 Å². The quantitative estimate of drug-likeness (QED) is 0.588. The predicted molar refractivity (Wildman–Crippen MR) is 117 cm³/mol. The lowest BCUT2D eigenvalue weighted by atomic mass is 10.0. The van der Waals surface area contributed by atoms with Gasteiger partial charge in [-0.15, -0.1) is 0 Å². The van der Waals surface area contributed by atoms with Gasteiger partial charge in [0.2, 0.25) is 5.91 Å². The van der Waals surface area contributed by atoms with E-state index in [9.17, 15) is 4.79 Å². The second kappa shape index (κ2) is 10.5. The Labute approximate surface area is 173 Å². The molecule has 0 spiro atoms. The summed E-state index contributed by atoms with van der Waals surface area (Å²) >= 11 is 0. The fraction of sp³-hybridized carbons (Fsp3) is 0.280. The van der Waals surface area contributed by atoms with Crippen LogP contribution in [0.2, 0.25) is 0 Å². The second-order valence-electron chi connectivity index (χ2n) is 7.28. The van der Waals surface area contributed by atoms with Crippen LogP contribution in [0, 0.1) is 6.92 Å². The van der Waals surface area contributed by atoms with Gasteiger partial charge >= 0.3 is 0 Å². The zero-order valence-electron chi connectivity index (χ0n) is 17.2. The van der Waals surface area contributed by atoms with Crippen LogP contribution < -0.4 is 5.32 Å². The van der Waals surface area contributed by atoms with Crippen molar-refractivity contribution in [1.82, 2.24) is 15.2 Å². The van der Waals surface area contributed by atoms with E-state index >= 15 is 0 Å². The minimum atomic E-state index is -0.121. The van der Waals surface area contributed by atoms with Gasteiger partial charge in [0.1, 0.15) is 0 Å². The molecular formula is C25H29N3O. The van der Waals surface area contributed by atoms with Crippen molar-refractivity contribution in [3.63, 3.8) is 0 Å². The fourth-order valence-electron chi connectivity index (χ4n) is 3.36. The van der Waals surface area contributed by atoms with Gasteiger partial charge in [-0.3, -0.25) is 15.1 Å². The molecule has 150 valence electrons. The van der Waals surface area contributed by atoms with Crippen molar-refractivity contribution in [1.29, 1.82) is 0 Å². The van der Waals surface area contributed by atoms with Gasteiger partial charge in [-0.25, -0.2) is 0 Å². The highest BCUT2D eigenvalue weighted by Crippen LogP contribution is 2.20. The van der Waals surface area contributed by atoms with Crippen LogP contribution in [0.3, 0.4) is 0 Å². The van der Waals surface area contributed by atoms with Gasteiger partial charge in [0.15, 0.2) is 0 Å². The first-order valence-corrected chi connectivity index (χ1v) is 10.2. The summed E-state index contributed by atoms with van der Waals surface area (Å²) in [6.07, 6.45) is 2.72. The molecule has 1 heterocycles. The van der Waals surface area contributed by atoms with E-state index in [4.69, 9.17) is 0 Å². The minimum absolute atomic E-state index is 0.101. The van der Waals surface area contributed by atoms with E-state index in [1.807, 2.05) is 41.3 Å². The van der Waals surface area contributed by atoms with Crippen LogP contribution in [0.15, 0.2) is 79.0 Å².